The number of fused-ring (bicyclic) bond motifs is 1. The van der Waals surface area contributed by atoms with Crippen LogP contribution in [-0.2, 0) is 6.42 Å². The first kappa shape index (κ1) is 15.4. The lowest BCUT2D eigenvalue weighted by Crippen LogP contribution is -2.36. The topological polar surface area (TPSA) is 38.8 Å². The molecule has 0 bridgehead atoms. The smallest absolute Gasteiger partial charge is 0.262 e. The minimum atomic E-state index is -0.0454. The molecule has 3 rings (SSSR count). The van der Waals surface area contributed by atoms with Crippen LogP contribution in [0.5, 0.6) is 11.5 Å². The van der Waals surface area contributed by atoms with Gasteiger partial charge in [-0.3, -0.25) is 4.79 Å². The zero-order chi connectivity index (χ0) is 16.4. The van der Waals surface area contributed by atoms with Crippen LogP contribution in [0.1, 0.15) is 27.9 Å². The monoisotopic (exact) mass is 311 g/mol. The molecule has 1 heterocycles. The molecule has 0 N–H and O–H groups in total. The maximum Gasteiger partial charge on any atom is 0.262 e. The van der Waals surface area contributed by atoms with Crippen molar-refractivity contribution in [3.63, 3.8) is 0 Å². The SMILES string of the molecule is COc1ccc(OC)c(C(=O)N2CCCc3cccc(C)c32)c1. The molecular formula is C19H21NO3. The first-order chi connectivity index (χ1) is 11.2. The molecule has 1 aliphatic heterocycles. The van der Waals surface area contributed by atoms with Crippen molar-refractivity contribution in [3.05, 3.63) is 53.1 Å². The molecule has 1 aliphatic rings. The number of amides is 1. The summed E-state index contributed by atoms with van der Waals surface area (Å²) in [6.45, 7) is 2.77. The van der Waals surface area contributed by atoms with E-state index in [0.717, 1.165) is 30.6 Å². The lowest BCUT2D eigenvalue weighted by molar-refractivity contribution is 0.0981. The van der Waals surface area contributed by atoms with Gasteiger partial charge in [0, 0.05) is 6.54 Å². The quantitative estimate of drug-likeness (QED) is 0.869. The predicted molar refractivity (Wildman–Crippen MR) is 90.7 cm³/mol. The average Bonchev–Trinajstić information content (AvgIpc) is 2.60. The number of hydrogen-bond donors (Lipinski definition) is 0. The first-order valence-electron chi connectivity index (χ1n) is 7.78. The van der Waals surface area contributed by atoms with E-state index in [1.165, 1.54) is 5.56 Å². The average molecular weight is 311 g/mol. The van der Waals surface area contributed by atoms with E-state index < -0.39 is 0 Å². The molecule has 4 heteroatoms. The molecule has 4 nitrogen and oxygen atoms in total. The Balaban J connectivity index is 2.06. The number of nitrogens with zero attached hydrogens (tertiary/aromatic N) is 1. The maximum atomic E-state index is 13.2. The lowest BCUT2D eigenvalue weighted by atomic mass is 9.97. The molecule has 0 saturated carbocycles. The van der Waals surface area contributed by atoms with Gasteiger partial charge in [-0.2, -0.15) is 0 Å². The Morgan fingerprint density at radius 1 is 1.13 bits per heavy atom. The van der Waals surface area contributed by atoms with Crippen LogP contribution in [0, 0.1) is 6.92 Å². The molecule has 0 atom stereocenters. The van der Waals surface area contributed by atoms with Crippen molar-refractivity contribution in [2.45, 2.75) is 19.8 Å². The Labute approximate surface area is 136 Å². The fourth-order valence-corrected chi connectivity index (χ4v) is 3.18. The number of benzene rings is 2. The molecule has 23 heavy (non-hydrogen) atoms. The number of rotatable bonds is 3. The summed E-state index contributed by atoms with van der Waals surface area (Å²) in [7, 11) is 3.17. The van der Waals surface area contributed by atoms with Crippen LogP contribution < -0.4 is 14.4 Å². The van der Waals surface area contributed by atoms with E-state index in [-0.39, 0.29) is 5.91 Å². The van der Waals surface area contributed by atoms with E-state index in [2.05, 4.69) is 6.07 Å². The van der Waals surface area contributed by atoms with Crippen molar-refractivity contribution < 1.29 is 14.3 Å². The Morgan fingerprint density at radius 2 is 1.96 bits per heavy atom. The van der Waals surface area contributed by atoms with Gasteiger partial charge in [-0.15, -0.1) is 0 Å². The highest BCUT2D eigenvalue weighted by atomic mass is 16.5. The van der Waals surface area contributed by atoms with E-state index >= 15 is 0 Å². The number of ether oxygens (including phenoxy) is 2. The molecule has 1 amide bonds. The highest BCUT2D eigenvalue weighted by molar-refractivity contribution is 6.09. The number of methoxy groups -OCH3 is 2. The standard InChI is InChI=1S/C19H21NO3/c1-13-6-4-7-14-8-5-11-20(18(13)14)19(21)16-12-15(22-2)9-10-17(16)23-3/h4,6-7,9-10,12H,5,8,11H2,1-3H3. The van der Waals surface area contributed by atoms with Crippen molar-refractivity contribution in [1.29, 1.82) is 0 Å². The Morgan fingerprint density at radius 3 is 2.70 bits per heavy atom. The van der Waals surface area contributed by atoms with Gasteiger partial charge in [0.05, 0.1) is 25.5 Å². The van der Waals surface area contributed by atoms with Crippen molar-refractivity contribution >= 4 is 11.6 Å². The second-order valence-corrected chi connectivity index (χ2v) is 5.71. The molecule has 0 unspecified atom stereocenters. The van der Waals surface area contributed by atoms with Gasteiger partial charge in [-0.05, 0) is 49.1 Å². The molecular weight excluding hydrogens is 290 g/mol. The molecule has 0 fully saturated rings. The largest absolute Gasteiger partial charge is 0.497 e. The fourth-order valence-electron chi connectivity index (χ4n) is 3.18. The van der Waals surface area contributed by atoms with Gasteiger partial charge < -0.3 is 14.4 Å². The zero-order valence-electron chi connectivity index (χ0n) is 13.8. The minimum Gasteiger partial charge on any atom is -0.497 e. The Kier molecular flexibility index (Phi) is 4.24. The summed E-state index contributed by atoms with van der Waals surface area (Å²) in [4.78, 5) is 15.0. The second kappa shape index (κ2) is 6.32. The third kappa shape index (κ3) is 2.77. The van der Waals surface area contributed by atoms with Gasteiger partial charge in [0.1, 0.15) is 11.5 Å². The number of carbonyl (C=O) groups excluding carboxylic acids is 1. The van der Waals surface area contributed by atoms with E-state index in [1.807, 2.05) is 24.0 Å². The maximum absolute atomic E-state index is 13.2. The van der Waals surface area contributed by atoms with E-state index in [4.69, 9.17) is 9.47 Å². The minimum absolute atomic E-state index is 0.0454. The van der Waals surface area contributed by atoms with Gasteiger partial charge in [0.2, 0.25) is 0 Å². The van der Waals surface area contributed by atoms with Gasteiger partial charge in [0.25, 0.3) is 5.91 Å². The highest BCUT2D eigenvalue weighted by Crippen LogP contribution is 2.34. The van der Waals surface area contributed by atoms with Crippen LogP contribution in [0.3, 0.4) is 0 Å². The summed E-state index contributed by atoms with van der Waals surface area (Å²) in [6.07, 6.45) is 1.98. The van der Waals surface area contributed by atoms with Gasteiger partial charge >= 0.3 is 0 Å². The highest BCUT2D eigenvalue weighted by Gasteiger charge is 2.27. The summed E-state index contributed by atoms with van der Waals surface area (Å²) in [5, 5.41) is 0. The van der Waals surface area contributed by atoms with Crippen LogP contribution in [0.2, 0.25) is 0 Å². The van der Waals surface area contributed by atoms with Gasteiger partial charge in [-0.1, -0.05) is 18.2 Å². The van der Waals surface area contributed by atoms with Crippen LogP contribution in [-0.4, -0.2) is 26.7 Å². The molecule has 0 aliphatic carbocycles. The normalized spacial score (nSPS) is 13.4. The molecule has 0 saturated heterocycles. The number of aryl methyl sites for hydroxylation is 2. The predicted octanol–water partition coefficient (Wildman–Crippen LogP) is 3.61. The number of carbonyl (C=O) groups is 1. The van der Waals surface area contributed by atoms with E-state index in [1.54, 1.807) is 32.4 Å². The van der Waals surface area contributed by atoms with Crippen molar-refractivity contribution in [2.75, 3.05) is 25.7 Å². The summed E-state index contributed by atoms with van der Waals surface area (Å²) < 4.78 is 10.6. The molecule has 0 radical (unpaired) electrons. The molecule has 2 aromatic carbocycles. The Bertz CT molecular complexity index is 739. The lowest BCUT2D eigenvalue weighted by Gasteiger charge is -2.31. The summed E-state index contributed by atoms with van der Waals surface area (Å²) in [5.41, 5.74) is 3.92. The summed E-state index contributed by atoms with van der Waals surface area (Å²) >= 11 is 0. The van der Waals surface area contributed by atoms with Crippen LogP contribution in [0.15, 0.2) is 36.4 Å². The van der Waals surface area contributed by atoms with Gasteiger partial charge in [0.15, 0.2) is 0 Å². The molecule has 2 aromatic rings. The fraction of sp³-hybridized carbons (Fsp3) is 0.316. The van der Waals surface area contributed by atoms with Crippen LogP contribution in [0.25, 0.3) is 0 Å². The van der Waals surface area contributed by atoms with Crippen molar-refractivity contribution in [2.24, 2.45) is 0 Å². The Hall–Kier alpha value is -2.49. The number of anilines is 1. The zero-order valence-corrected chi connectivity index (χ0v) is 13.8. The summed E-state index contributed by atoms with van der Waals surface area (Å²) in [6, 6.07) is 11.5. The molecule has 120 valence electrons. The van der Waals surface area contributed by atoms with Gasteiger partial charge in [-0.25, -0.2) is 0 Å². The van der Waals surface area contributed by atoms with Crippen molar-refractivity contribution in [3.8, 4) is 11.5 Å². The number of hydrogen-bond acceptors (Lipinski definition) is 3. The molecule has 0 spiro atoms. The summed E-state index contributed by atoms with van der Waals surface area (Å²) in [5.74, 6) is 1.17. The molecule has 0 aromatic heterocycles. The van der Waals surface area contributed by atoms with Crippen LogP contribution >= 0.6 is 0 Å². The van der Waals surface area contributed by atoms with Crippen molar-refractivity contribution in [1.82, 2.24) is 0 Å². The third-order valence-electron chi connectivity index (χ3n) is 4.30. The van der Waals surface area contributed by atoms with E-state index in [9.17, 15) is 4.79 Å². The van der Waals surface area contributed by atoms with E-state index in [0.29, 0.717) is 17.1 Å². The second-order valence-electron chi connectivity index (χ2n) is 5.71. The number of para-hydroxylation sites is 1. The third-order valence-corrected chi connectivity index (χ3v) is 4.30. The van der Waals surface area contributed by atoms with Crippen LogP contribution in [0.4, 0.5) is 5.69 Å². The first-order valence-corrected chi connectivity index (χ1v) is 7.78.